The zero-order chi connectivity index (χ0) is 14.1. The van der Waals surface area contributed by atoms with E-state index in [9.17, 15) is 0 Å². The van der Waals surface area contributed by atoms with Gasteiger partial charge in [0.25, 0.3) is 0 Å². The zero-order valence-electron chi connectivity index (χ0n) is 12.9. The first-order valence-electron chi connectivity index (χ1n) is 8.16. The average Bonchev–Trinajstić information content (AvgIpc) is 2.63. The van der Waals surface area contributed by atoms with E-state index in [1.54, 1.807) is 0 Å². The molecule has 5 aliphatic rings. The van der Waals surface area contributed by atoms with E-state index in [0.29, 0.717) is 23.7 Å². The van der Waals surface area contributed by atoms with Crippen molar-refractivity contribution in [2.24, 2.45) is 23.7 Å². The fraction of sp³-hybridized carbons (Fsp3) is 1.00. The van der Waals surface area contributed by atoms with Crippen LogP contribution in [-0.4, -0.2) is 23.8 Å². The molecule has 4 saturated heterocycles. The third-order valence-corrected chi connectivity index (χ3v) is 6.49. The maximum absolute atomic E-state index is 6.23. The molecule has 2 bridgehead atoms. The third-order valence-electron chi connectivity index (χ3n) is 6.49. The van der Waals surface area contributed by atoms with Gasteiger partial charge in [-0.1, -0.05) is 13.8 Å². The summed E-state index contributed by atoms with van der Waals surface area (Å²) in [6, 6.07) is 0. The molecule has 4 aliphatic heterocycles. The van der Waals surface area contributed by atoms with E-state index in [1.165, 1.54) is 12.8 Å². The van der Waals surface area contributed by atoms with Crippen molar-refractivity contribution < 1.29 is 19.2 Å². The van der Waals surface area contributed by atoms with Crippen LogP contribution in [0.4, 0.5) is 0 Å². The van der Waals surface area contributed by atoms with Crippen molar-refractivity contribution in [2.75, 3.05) is 0 Å². The largest absolute Gasteiger partial charge is 0.346 e. The second kappa shape index (κ2) is 4.19. The summed E-state index contributed by atoms with van der Waals surface area (Å²) in [5, 5.41) is 0. The predicted octanol–water partition coefficient (Wildman–Crippen LogP) is 3.26. The molecule has 5 rings (SSSR count). The second-order valence-electron chi connectivity index (χ2n) is 7.61. The molecule has 0 aromatic rings. The Morgan fingerprint density at radius 3 is 2.55 bits per heavy atom. The predicted molar refractivity (Wildman–Crippen MR) is 72.5 cm³/mol. The summed E-state index contributed by atoms with van der Waals surface area (Å²) >= 11 is 0. The van der Waals surface area contributed by atoms with Gasteiger partial charge in [-0.3, -0.25) is 0 Å². The molecular weight excluding hydrogens is 256 g/mol. The lowest BCUT2D eigenvalue weighted by molar-refractivity contribution is -0.570. The summed E-state index contributed by atoms with van der Waals surface area (Å²) < 4.78 is 12.5. The molecule has 4 heteroatoms. The minimum absolute atomic E-state index is 0.219. The molecule has 0 N–H and O–H groups in total. The second-order valence-corrected chi connectivity index (χ2v) is 7.61. The Morgan fingerprint density at radius 1 is 0.950 bits per heavy atom. The fourth-order valence-electron chi connectivity index (χ4n) is 5.08. The zero-order valence-corrected chi connectivity index (χ0v) is 12.9. The van der Waals surface area contributed by atoms with Crippen molar-refractivity contribution in [3.8, 4) is 0 Å². The number of rotatable bonds is 0. The standard InChI is InChI=1S/C16H26O4/c1-9-5-6-13-10(2)11(3)17-14-16(13)12(9)7-8-15(4,18-14)19-20-16/h9-14H,5-8H2,1-4H3/t9?,10?,11?,12?,13?,14?,15-,16-/m1/s1. The molecule has 1 aliphatic carbocycles. The molecule has 0 radical (unpaired) electrons. The van der Waals surface area contributed by atoms with Crippen LogP contribution >= 0.6 is 0 Å². The van der Waals surface area contributed by atoms with Gasteiger partial charge in [0, 0.05) is 12.3 Å². The molecule has 4 heterocycles. The Balaban J connectivity index is 1.82. The van der Waals surface area contributed by atoms with Gasteiger partial charge in [0.1, 0.15) is 0 Å². The van der Waals surface area contributed by atoms with Crippen LogP contribution < -0.4 is 0 Å². The Hall–Kier alpha value is -0.160. The molecule has 0 aromatic heterocycles. The molecular formula is C16H26O4. The van der Waals surface area contributed by atoms with Crippen molar-refractivity contribution in [1.82, 2.24) is 0 Å². The van der Waals surface area contributed by atoms with Crippen LogP contribution in [0.2, 0.25) is 0 Å². The highest BCUT2D eigenvalue weighted by Crippen LogP contribution is 2.60. The summed E-state index contributed by atoms with van der Waals surface area (Å²) in [4.78, 5) is 11.8. The first-order chi connectivity index (χ1) is 9.46. The van der Waals surface area contributed by atoms with Crippen LogP contribution in [0, 0.1) is 23.7 Å². The monoisotopic (exact) mass is 282 g/mol. The van der Waals surface area contributed by atoms with Crippen LogP contribution in [0.5, 0.6) is 0 Å². The van der Waals surface area contributed by atoms with Crippen LogP contribution in [0.25, 0.3) is 0 Å². The lowest BCUT2D eigenvalue weighted by Crippen LogP contribution is -2.70. The molecule has 114 valence electrons. The molecule has 4 nitrogen and oxygen atoms in total. The Labute approximate surface area is 121 Å². The van der Waals surface area contributed by atoms with Crippen LogP contribution in [0.3, 0.4) is 0 Å². The fourth-order valence-corrected chi connectivity index (χ4v) is 5.08. The van der Waals surface area contributed by atoms with Crippen LogP contribution in [0.15, 0.2) is 0 Å². The van der Waals surface area contributed by atoms with E-state index in [0.717, 1.165) is 12.8 Å². The minimum atomic E-state index is -0.641. The van der Waals surface area contributed by atoms with E-state index in [2.05, 4.69) is 20.8 Å². The van der Waals surface area contributed by atoms with E-state index >= 15 is 0 Å². The summed E-state index contributed by atoms with van der Waals surface area (Å²) in [5.74, 6) is 1.44. The first kappa shape index (κ1) is 13.5. The van der Waals surface area contributed by atoms with Gasteiger partial charge >= 0.3 is 0 Å². The van der Waals surface area contributed by atoms with Gasteiger partial charge in [0.2, 0.25) is 5.79 Å². The molecule has 0 amide bonds. The van der Waals surface area contributed by atoms with Gasteiger partial charge in [0.05, 0.1) is 6.10 Å². The van der Waals surface area contributed by atoms with Crippen molar-refractivity contribution in [2.45, 2.75) is 77.2 Å². The van der Waals surface area contributed by atoms with Gasteiger partial charge in [-0.25, -0.2) is 9.78 Å². The summed E-state index contributed by atoms with van der Waals surface area (Å²) in [6.45, 7) is 8.77. The number of fused-ring (bicyclic) bond motifs is 2. The van der Waals surface area contributed by atoms with Gasteiger partial charge in [-0.15, -0.1) is 0 Å². The molecule has 1 saturated carbocycles. The average molecular weight is 282 g/mol. The molecule has 8 atom stereocenters. The highest BCUT2D eigenvalue weighted by Gasteiger charge is 2.68. The maximum atomic E-state index is 6.23. The highest BCUT2D eigenvalue weighted by atomic mass is 17.3. The van der Waals surface area contributed by atoms with E-state index in [1.807, 2.05) is 6.92 Å². The van der Waals surface area contributed by atoms with Crippen molar-refractivity contribution in [3.05, 3.63) is 0 Å². The summed E-state index contributed by atoms with van der Waals surface area (Å²) in [5.41, 5.74) is -0.389. The van der Waals surface area contributed by atoms with E-state index in [4.69, 9.17) is 19.2 Å². The topological polar surface area (TPSA) is 36.9 Å². The molecule has 1 spiro atoms. The lowest BCUT2D eigenvalue weighted by Gasteiger charge is -2.60. The Morgan fingerprint density at radius 2 is 1.75 bits per heavy atom. The maximum Gasteiger partial charge on any atom is 0.201 e. The minimum Gasteiger partial charge on any atom is -0.346 e. The molecule has 6 unspecified atom stereocenters. The van der Waals surface area contributed by atoms with Gasteiger partial charge in [-0.2, -0.15) is 0 Å². The van der Waals surface area contributed by atoms with E-state index < -0.39 is 5.79 Å². The van der Waals surface area contributed by atoms with Crippen LogP contribution in [-0.2, 0) is 19.2 Å². The number of hydrogen-bond acceptors (Lipinski definition) is 4. The Bertz CT molecular complexity index is 409. The molecule has 0 aromatic carbocycles. The number of hydrogen-bond donors (Lipinski definition) is 0. The van der Waals surface area contributed by atoms with Crippen molar-refractivity contribution >= 4 is 0 Å². The van der Waals surface area contributed by atoms with Crippen molar-refractivity contribution in [1.29, 1.82) is 0 Å². The van der Waals surface area contributed by atoms with E-state index in [-0.39, 0.29) is 18.0 Å². The van der Waals surface area contributed by atoms with Gasteiger partial charge < -0.3 is 9.47 Å². The highest BCUT2D eigenvalue weighted by molar-refractivity contribution is 5.09. The smallest absolute Gasteiger partial charge is 0.201 e. The normalized spacial score (nSPS) is 61.8. The quantitative estimate of drug-likeness (QED) is 0.639. The van der Waals surface area contributed by atoms with Crippen molar-refractivity contribution in [3.63, 3.8) is 0 Å². The lowest BCUT2D eigenvalue weighted by atomic mass is 9.57. The number of ether oxygens (including phenoxy) is 2. The van der Waals surface area contributed by atoms with Gasteiger partial charge in [-0.05, 0) is 50.9 Å². The molecule has 20 heavy (non-hydrogen) atoms. The first-order valence-corrected chi connectivity index (χ1v) is 8.16. The Kier molecular flexibility index (Phi) is 2.83. The van der Waals surface area contributed by atoms with Crippen LogP contribution in [0.1, 0.15) is 53.4 Å². The molecule has 5 fully saturated rings. The van der Waals surface area contributed by atoms with Gasteiger partial charge in [0.15, 0.2) is 11.9 Å². The third kappa shape index (κ3) is 1.57. The summed E-state index contributed by atoms with van der Waals surface area (Å²) in [7, 11) is 0. The summed E-state index contributed by atoms with van der Waals surface area (Å²) in [6.07, 6.45) is 4.41. The SMILES string of the molecule is CC1CCC2C(C)C(C)OC3O[C@@]4(C)CCC1[C@]32OO4.